The molecule has 9 nitrogen and oxygen atoms in total. The van der Waals surface area contributed by atoms with E-state index >= 15 is 0 Å². The van der Waals surface area contributed by atoms with Gasteiger partial charge in [-0.3, -0.25) is 4.79 Å². The van der Waals surface area contributed by atoms with Gasteiger partial charge in [0.05, 0.1) is 22.8 Å². The van der Waals surface area contributed by atoms with Gasteiger partial charge in [-0.15, -0.1) is 0 Å². The molecule has 2 saturated heterocycles. The molecule has 4 aliphatic rings. The number of sulfonamides is 1. The molecular weight excluding hydrogens is 464 g/mol. The summed E-state index contributed by atoms with van der Waals surface area (Å²) in [5, 5.41) is 18.6. The number of benzene rings is 1. The van der Waals surface area contributed by atoms with Gasteiger partial charge < -0.3 is 10.6 Å². The topological polar surface area (TPSA) is 118 Å². The van der Waals surface area contributed by atoms with Crippen molar-refractivity contribution in [2.24, 2.45) is 11.8 Å². The van der Waals surface area contributed by atoms with Crippen molar-refractivity contribution >= 4 is 21.6 Å². The zero-order chi connectivity index (χ0) is 25.0. The molecule has 35 heavy (non-hydrogen) atoms. The lowest BCUT2D eigenvalue weighted by Crippen LogP contribution is -2.53. The lowest BCUT2D eigenvalue weighted by Gasteiger charge is -2.36. The molecule has 0 bridgehead atoms. The van der Waals surface area contributed by atoms with Crippen LogP contribution in [0.2, 0.25) is 0 Å². The molecule has 1 amide bonds. The second-order valence-electron chi connectivity index (χ2n) is 11.3. The first-order chi connectivity index (χ1) is 16.6. The standard InChI is InChI=1S/C25H36N6O3S/c1-25(2,3)30-15-17-13-18(9-10-21(17)35(30,33)34)28-23-22-20(11-12-27-24(22)32)31(29-23)19-8-6-4-5-7-16(19)14-26/h9-10,13,16,19-20,22-23,28-29H,4-8,11-12,15H2,1-3H3,(H,27,32)/t16-,19+,20?,22?,23?/m0/s1. The zero-order valence-electron chi connectivity index (χ0n) is 20.8. The second-order valence-corrected chi connectivity index (χ2v) is 13.1. The largest absolute Gasteiger partial charge is 0.368 e. The first-order valence-electron chi connectivity index (χ1n) is 12.8. The molecule has 3 heterocycles. The number of hydrogen-bond acceptors (Lipinski definition) is 7. The maximum Gasteiger partial charge on any atom is 0.244 e. The van der Waals surface area contributed by atoms with Crippen LogP contribution in [0.25, 0.3) is 0 Å². The van der Waals surface area contributed by atoms with Crippen LogP contribution in [-0.4, -0.2) is 54.0 Å². The highest BCUT2D eigenvalue weighted by Crippen LogP contribution is 2.39. The Morgan fingerprint density at radius 1 is 1.11 bits per heavy atom. The first kappa shape index (κ1) is 24.5. The number of carbonyl (C=O) groups excluding carboxylic acids is 1. The SMILES string of the molecule is CC(C)(C)N1Cc2cc(NC3NN([C@@H]4CCCCC[C@H]4C#N)C4CCNC(=O)C34)ccc2S1(=O)=O. The van der Waals surface area contributed by atoms with Crippen molar-refractivity contribution in [1.29, 1.82) is 5.26 Å². The Hall–Kier alpha value is -2.19. The number of rotatable bonds is 3. The number of hydrogen-bond donors (Lipinski definition) is 3. The van der Waals surface area contributed by atoms with Crippen LogP contribution in [0, 0.1) is 23.2 Å². The number of piperidine rings is 1. The molecule has 10 heteroatoms. The summed E-state index contributed by atoms with van der Waals surface area (Å²) in [5.74, 6) is -0.337. The van der Waals surface area contributed by atoms with Crippen LogP contribution in [0.3, 0.4) is 0 Å². The number of nitrogens with zero attached hydrogens (tertiary/aromatic N) is 3. The molecule has 0 radical (unpaired) electrons. The molecule has 1 saturated carbocycles. The van der Waals surface area contributed by atoms with Gasteiger partial charge in [0.15, 0.2) is 0 Å². The highest BCUT2D eigenvalue weighted by atomic mass is 32.2. The van der Waals surface area contributed by atoms with Crippen molar-refractivity contribution in [3.05, 3.63) is 23.8 Å². The predicted octanol–water partition coefficient (Wildman–Crippen LogP) is 2.52. The Labute approximate surface area is 208 Å². The normalized spacial score (nSPS) is 33.3. The number of nitriles is 1. The first-order valence-corrected chi connectivity index (χ1v) is 14.2. The van der Waals surface area contributed by atoms with E-state index in [0.717, 1.165) is 49.8 Å². The van der Waals surface area contributed by atoms with Crippen molar-refractivity contribution in [3.8, 4) is 6.07 Å². The Morgan fingerprint density at radius 2 is 1.89 bits per heavy atom. The summed E-state index contributed by atoms with van der Waals surface area (Å²) in [5.41, 5.74) is 4.60. The van der Waals surface area contributed by atoms with Crippen LogP contribution >= 0.6 is 0 Å². The van der Waals surface area contributed by atoms with Gasteiger partial charge in [-0.1, -0.05) is 19.3 Å². The van der Waals surface area contributed by atoms with Crippen molar-refractivity contribution in [1.82, 2.24) is 20.1 Å². The van der Waals surface area contributed by atoms with Gasteiger partial charge in [0, 0.05) is 36.4 Å². The van der Waals surface area contributed by atoms with Crippen LogP contribution in [0.4, 0.5) is 5.69 Å². The summed E-state index contributed by atoms with van der Waals surface area (Å²) in [6.07, 6.45) is 5.64. The average molecular weight is 501 g/mol. The van der Waals surface area contributed by atoms with Crippen molar-refractivity contribution in [2.75, 3.05) is 11.9 Å². The van der Waals surface area contributed by atoms with E-state index in [1.54, 1.807) is 12.1 Å². The Balaban J connectivity index is 1.41. The molecule has 190 valence electrons. The third-order valence-corrected chi connectivity index (χ3v) is 10.2. The van der Waals surface area contributed by atoms with E-state index in [1.807, 2.05) is 26.8 Å². The molecule has 0 spiro atoms. The van der Waals surface area contributed by atoms with Gasteiger partial charge in [0.2, 0.25) is 15.9 Å². The van der Waals surface area contributed by atoms with Crippen LogP contribution in [-0.2, 0) is 21.4 Å². The van der Waals surface area contributed by atoms with E-state index in [9.17, 15) is 18.5 Å². The Kier molecular flexibility index (Phi) is 6.33. The number of carbonyl (C=O) groups is 1. The van der Waals surface area contributed by atoms with Crippen LogP contribution in [0.1, 0.15) is 64.9 Å². The van der Waals surface area contributed by atoms with E-state index in [2.05, 4.69) is 27.1 Å². The maximum atomic E-state index is 13.0. The molecular formula is C25H36N6O3S. The lowest BCUT2D eigenvalue weighted by molar-refractivity contribution is -0.128. The quantitative estimate of drug-likeness (QED) is 0.546. The predicted molar refractivity (Wildman–Crippen MR) is 132 cm³/mol. The summed E-state index contributed by atoms with van der Waals surface area (Å²) < 4.78 is 27.6. The maximum absolute atomic E-state index is 13.0. The van der Waals surface area contributed by atoms with Gasteiger partial charge in [-0.05, 0) is 63.8 Å². The molecule has 1 aromatic rings. The molecule has 5 rings (SSSR count). The van der Waals surface area contributed by atoms with E-state index < -0.39 is 15.6 Å². The summed E-state index contributed by atoms with van der Waals surface area (Å²) >= 11 is 0. The fourth-order valence-electron chi connectivity index (χ4n) is 6.25. The van der Waals surface area contributed by atoms with Gasteiger partial charge >= 0.3 is 0 Å². The Morgan fingerprint density at radius 3 is 2.63 bits per heavy atom. The summed E-state index contributed by atoms with van der Waals surface area (Å²) in [4.78, 5) is 13.3. The third kappa shape index (κ3) is 4.33. The number of hydrazine groups is 1. The van der Waals surface area contributed by atoms with Crippen molar-refractivity contribution in [2.45, 2.75) is 94.5 Å². The lowest BCUT2D eigenvalue weighted by atomic mass is 9.88. The highest BCUT2D eigenvalue weighted by molar-refractivity contribution is 7.89. The summed E-state index contributed by atoms with van der Waals surface area (Å²) in [6, 6.07) is 7.97. The molecule has 3 fully saturated rings. The Bertz CT molecular complexity index is 1140. The van der Waals surface area contributed by atoms with E-state index in [0.29, 0.717) is 18.0 Å². The fraction of sp³-hybridized carbons (Fsp3) is 0.680. The van der Waals surface area contributed by atoms with Crippen molar-refractivity contribution in [3.63, 3.8) is 0 Å². The fourth-order valence-corrected chi connectivity index (χ4v) is 8.22. The molecule has 3 aliphatic heterocycles. The molecule has 1 aromatic carbocycles. The van der Waals surface area contributed by atoms with E-state index in [1.165, 1.54) is 4.31 Å². The van der Waals surface area contributed by atoms with Crippen LogP contribution in [0.5, 0.6) is 0 Å². The number of nitrogens with one attached hydrogen (secondary N) is 3. The number of anilines is 1. The third-order valence-electron chi connectivity index (χ3n) is 7.98. The molecule has 5 atom stereocenters. The van der Waals surface area contributed by atoms with Crippen LogP contribution in [0.15, 0.2) is 23.1 Å². The molecule has 3 N–H and O–H groups in total. The zero-order valence-corrected chi connectivity index (χ0v) is 21.6. The minimum Gasteiger partial charge on any atom is -0.368 e. The number of amides is 1. The van der Waals surface area contributed by atoms with Gasteiger partial charge in [-0.2, -0.15) is 9.57 Å². The smallest absolute Gasteiger partial charge is 0.244 e. The minimum absolute atomic E-state index is 0.0125. The summed E-state index contributed by atoms with van der Waals surface area (Å²) in [7, 11) is -3.52. The molecule has 0 aromatic heterocycles. The van der Waals surface area contributed by atoms with E-state index in [4.69, 9.17) is 0 Å². The van der Waals surface area contributed by atoms with Gasteiger partial charge in [0.1, 0.15) is 6.17 Å². The number of fused-ring (bicyclic) bond motifs is 2. The second kappa shape index (κ2) is 9.04. The minimum atomic E-state index is -3.52. The highest BCUT2D eigenvalue weighted by Gasteiger charge is 2.51. The van der Waals surface area contributed by atoms with E-state index in [-0.39, 0.29) is 36.0 Å². The van der Waals surface area contributed by atoms with Crippen molar-refractivity contribution < 1.29 is 13.2 Å². The van der Waals surface area contributed by atoms with Gasteiger partial charge in [-0.25, -0.2) is 18.9 Å². The summed E-state index contributed by atoms with van der Waals surface area (Å²) in [6.45, 7) is 6.66. The molecule has 1 aliphatic carbocycles. The monoisotopic (exact) mass is 500 g/mol. The van der Waals surface area contributed by atoms with Gasteiger partial charge in [0.25, 0.3) is 0 Å². The average Bonchev–Trinajstić information content (AvgIpc) is 3.17. The van der Waals surface area contributed by atoms with Crippen LogP contribution < -0.4 is 16.1 Å². The molecule has 3 unspecified atom stereocenters.